The molecule has 1 unspecified atom stereocenters. The predicted molar refractivity (Wildman–Crippen MR) is 72.8 cm³/mol. The normalized spacial score (nSPS) is 17.0. The van der Waals surface area contributed by atoms with Gasteiger partial charge in [0.15, 0.2) is 11.5 Å². The van der Waals surface area contributed by atoms with Crippen molar-refractivity contribution in [3.63, 3.8) is 0 Å². The van der Waals surface area contributed by atoms with E-state index in [-0.39, 0.29) is 18.2 Å². The first-order chi connectivity index (χ1) is 10.1. The average molecular weight is 292 g/mol. The van der Waals surface area contributed by atoms with Crippen molar-refractivity contribution >= 4 is 17.8 Å². The molecule has 0 saturated carbocycles. The number of carbonyl (C=O) groups excluding carboxylic acids is 3. The first kappa shape index (κ1) is 14.8. The first-order valence-electron chi connectivity index (χ1n) is 6.51. The van der Waals surface area contributed by atoms with Gasteiger partial charge in [-0.15, -0.1) is 0 Å². The van der Waals surface area contributed by atoms with Crippen LogP contribution in [-0.4, -0.2) is 37.5 Å². The maximum Gasteiger partial charge on any atom is 0.330 e. The SMILES string of the molecule is COc1ccccc1OC(=O)CNC(=O)C1CCC(=O)N1. The summed E-state index contributed by atoms with van der Waals surface area (Å²) in [6, 6.07) is 6.14. The topological polar surface area (TPSA) is 93.7 Å². The van der Waals surface area contributed by atoms with Crippen LogP contribution in [0.1, 0.15) is 12.8 Å². The van der Waals surface area contributed by atoms with E-state index in [9.17, 15) is 14.4 Å². The lowest BCUT2D eigenvalue weighted by molar-refractivity contribution is -0.136. The largest absolute Gasteiger partial charge is 0.493 e. The van der Waals surface area contributed by atoms with E-state index in [1.54, 1.807) is 24.3 Å². The molecule has 7 nitrogen and oxygen atoms in total. The van der Waals surface area contributed by atoms with Gasteiger partial charge in [-0.1, -0.05) is 12.1 Å². The zero-order valence-electron chi connectivity index (χ0n) is 11.5. The molecule has 1 aromatic carbocycles. The quantitative estimate of drug-likeness (QED) is 0.588. The number of amides is 2. The molecule has 0 aliphatic carbocycles. The molecule has 1 heterocycles. The molecule has 0 bridgehead atoms. The fourth-order valence-electron chi connectivity index (χ4n) is 1.96. The van der Waals surface area contributed by atoms with Crippen LogP contribution in [0, 0.1) is 0 Å². The highest BCUT2D eigenvalue weighted by Crippen LogP contribution is 2.25. The van der Waals surface area contributed by atoms with Crippen LogP contribution in [0.4, 0.5) is 0 Å². The summed E-state index contributed by atoms with van der Waals surface area (Å²) in [5.41, 5.74) is 0. The van der Waals surface area contributed by atoms with Crippen LogP contribution in [-0.2, 0) is 14.4 Å². The Hall–Kier alpha value is -2.57. The number of hydrogen-bond acceptors (Lipinski definition) is 5. The van der Waals surface area contributed by atoms with Crippen molar-refractivity contribution in [2.45, 2.75) is 18.9 Å². The van der Waals surface area contributed by atoms with E-state index in [0.29, 0.717) is 18.6 Å². The van der Waals surface area contributed by atoms with Gasteiger partial charge >= 0.3 is 5.97 Å². The van der Waals surface area contributed by atoms with Crippen LogP contribution >= 0.6 is 0 Å². The highest BCUT2D eigenvalue weighted by atomic mass is 16.6. The Morgan fingerprint density at radius 1 is 1.33 bits per heavy atom. The molecular formula is C14H16N2O5. The van der Waals surface area contributed by atoms with Gasteiger partial charge in [0.25, 0.3) is 0 Å². The van der Waals surface area contributed by atoms with E-state index in [2.05, 4.69) is 10.6 Å². The smallest absolute Gasteiger partial charge is 0.330 e. The van der Waals surface area contributed by atoms with Gasteiger partial charge in [0.05, 0.1) is 7.11 Å². The summed E-state index contributed by atoms with van der Waals surface area (Å²) in [6.07, 6.45) is 0.760. The summed E-state index contributed by atoms with van der Waals surface area (Å²) >= 11 is 0. The molecule has 1 fully saturated rings. The number of hydrogen-bond donors (Lipinski definition) is 2. The summed E-state index contributed by atoms with van der Waals surface area (Å²) in [7, 11) is 1.47. The maximum atomic E-state index is 11.7. The van der Waals surface area contributed by atoms with Crippen molar-refractivity contribution in [3.8, 4) is 11.5 Å². The molecule has 21 heavy (non-hydrogen) atoms. The monoisotopic (exact) mass is 292 g/mol. The molecule has 1 saturated heterocycles. The third kappa shape index (κ3) is 3.95. The predicted octanol–water partition coefficient (Wildman–Crippen LogP) is -0.00460. The van der Waals surface area contributed by atoms with Crippen molar-refractivity contribution in [1.29, 1.82) is 0 Å². The van der Waals surface area contributed by atoms with Gasteiger partial charge in [0.1, 0.15) is 12.6 Å². The molecule has 2 rings (SSSR count). The number of ether oxygens (including phenoxy) is 2. The molecule has 0 spiro atoms. The maximum absolute atomic E-state index is 11.7. The third-order valence-electron chi connectivity index (χ3n) is 3.01. The Bertz CT molecular complexity index is 558. The fourth-order valence-corrected chi connectivity index (χ4v) is 1.96. The molecule has 1 aliphatic rings. The Morgan fingerprint density at radius 2 is 2.05 bits per heavy atom. The molecule has 112 valence electrons. The van der Waals surface area contributed by atoms with E-state index in [0.717, 1.165) is 0 Å². The Labute approximate surface area is 121 Å². The van der Waals surface area contributed by atoms with Crippen LogP contribution in [0.3, 0.4) is 0 Å². The first-order valence-corrected chi connectivity index (χ1v) is 6.51. The minimum atomic E-state index is -0.614. The molecule has 1 aliphatic heterocycles. The van der Waals surface area contributed by atoms with Crippen LogP contribution in [0.15, 0.2) is 24.3 Å². The van der Waals surface area contributed by atoms with Crippen molar-refractivity contribution in [2.24, 2.45) is 0 Å². The summed E-state index contributed by atoms with van der Waals surface area (Å²) < 4.78 is 10.2. The van der Waals surface area contributed by atoms with Gasteiger partial charge < -0.3 is 20.1 Å². The van der Waals surface area contributed by atoms with E-state index in [4.69, 9.17) is 9.47 Å². The van der Waals surface area contributed by atoms with Gasteiger partial charge in [-0.3, -0.25) is 9.59 Å². The summed E-state index contributed by atoms with van der Waals surface area (Å²) in [5.74, 6) is -0.449. The summed E-state index contributed by atoms with van der Waals surface area (Å²) in [6.45, 7) is -0.275. The zero-order chi connectivity index (χ0) is 15.2. The lowest BCUT2D eigenvalue weighted by Crippen LogP contribution is -2.44. The van der Waals surface area contributed by atoms with Gasteiger partial charge in [0, 0.05) is 6.42 Å². The van der Waals surface area contributed by atoms with Crippen LogP contribution in [0.2, 0.25) is 0 Å². The highest BCUT2D eigenvalue weighted by Gasteiger charge is 2.27. The van der Waals surface area contributed by atoms with E-state index < -0.39 is 17.9 Å². The summed E-state index contributed by atoms with van der Waals surface area (Å²) in [4.78, 5) is 34.4. The number of esters is 1. The highest BCUT2D eigenvalue weighted by molar-refractivity contribution is 5.92. The second-order valence-corrected chi connectivity index (χ2v) is 4.50. The van der Waals surface area contributed by atoms with Crippen LogP contribution < -0.4 is 20.1 Å². The van der Waals surface area contributed by atoms with Gasteiger partial charge in [-0.25, -0.2) is 4.79 Å². The van der Waals surface area contributed by atoms with Crippen molar-refractivity contribution in [3.05, 3.63) is 24.3 Å². The molecule has 0 radical (unpaired) electrons. The fraction of sp³-hybridized carbons (Fsp3) is 0.357. The minimum absolute atomic E-state index is 0.160. The standard InChI is InChI=1S/C14H16N2O5/c1-20-10-4-2-3-5-11(10)21-13(18)8-15-14(19)9-6-7-12(17)16-9/h2-5,9H,6-8H2,1H3,(H,15,19)(H,16,17). The Kier molecular flexibility index (Phi) is 4.76. The molecule has 2 amide bonds. The number of benzene rings is 1. The summed E-state index contributed by atoms with van der Waals surface area (Å²) in [5, 5.41) is 4.96. The molecule has 1 atom stereocenters. The lowest BCUT2D eigenvalue weighted by atomic mass is 10.2. The molecular weight excluding hydrogens is 276 g/mol. The number of rotatable bonds is 5. The van der Waals surface area contributed by atoms with E-state index in [1.165, 1.54) is 7.11 Å². The van der Waals surface area contributed by atoms with Crippen molar-refractivity contribution < 1.29 is 23.9 Å². The zero-order valence-corrected chi connectivity index (χ0v) is 11.5. The second-order valence-electron chi connectivity index (χ2n) is 4.50. The average Bonchev–Trinajstić information content (AvgIpc) is 2.92. The lowest BCUT2D eigenvalue weighted by Gasteiger charge is -2.11. The molecule has 0 aromatic heterocycles. The van der Waals surface area contributed by atoms with Crippen LogP contribution in [0.5, 0.6) is 11.5 Å². The number of methoxy groups -OCH3 is 1. The van der Waals surface area contributed by atoms with Crippen molar-refractivity contribution in [1.82, 2.24) is 10.6 Å². The van der Waals surface area contributed by atoms with Crippen LogP contribution in [0.25, 0.3) is 0 Å². The number of carbonyl (C=O) groups is 3. The Morgan fingerprint density at radius 3 is 2.67 bits per heavy atom. The number of nitrogens with one attached hydrogen (secondary N) is 2. The van der Waals surface area contributed by atoms with Gasteiger partial charge in [-0.2, -0.15) is 0 Å². The van der Waals surface area contributed by atoms with E-state index in [1.807, 2.05) is 0 Å². The number of para-hydroxylation sites is 2. The molecule has 7 heteroatoms. The van der Waals surface area contributed by atoms with Gasteiger partial charge in [-0.05, 0) is 18.6 Å². The molecule has 1 aromatic rings. The van der Waals surface area contributed by atoms with Crippen molar-refractivity contribution in [2.75, 3.05) is 13.7 Å². The molecule has 2 N–H and O–H groups in total. The third-order valence-corrected chi connectivity index (χ3v) is 3.01. The minimum Gasteiger partial charge on any atom is -0.493 e. The second kappa shape index (κ2) is 6.74. The van der Waals surface area contributed by atoms with Gasteiger partial charge in [0.2, 0.25) is 11.8 Å². The Balaban J connectivity index is 1.82. The van der Waals surface area contributed by atoms with E-state index >= 15 is 0 Å².